The van der Waals surface area contributed by atoms with Crippen molar-refractivity contribution in [1.29, 1.82) is 0 Å². The fourth-order valence-electron chi connectivity index (χ4n) is 4.52. The number of amides is 1. The third-order valence-corrected chi connectivity index (χ3v) is 6.95. The molecule has 1 saturated heterocycles. The van der Waals surface area contributed by atoms with Crippen molar-refractivity contribution in [1.82, 2.24) is 24.4 Å². The Labute approximate surface area is 237 Å². The first-order valence-electron chi connectivity index (χ1n) is 13.0. The zero-order chi connectivity index (χ0) is 30.0. The summed E-state index contributed by atoms with van der Waals surface area (Å²) in [5.41, 5.74) is -0.747. The van der Waals surface area contributed by atoms with Gasteiger partial charge in [-0.1, -0.05) is 0 Å². The molecular weight excluding hydrogens is 563 g/mol. The second kappa shape index (κ2) is 11.9. The third-order valence-electron chi connectivity index (χ3n) is 6.95. The number of aromatic nitrogens is 3. The van der Waals surface area contributed by atoms with Crippen molar-refractivity contribution in [3.8, 4) is 17.4 Å². The smallest absolute Gasteiger partial charge is 0.416 e. The Morgan fingerprint density at radius 1 is 1.02 bits per heavy atom. The van der Waals surface area contributed by atoms with Crippen LogP contribution in [0.2, 0.25) is 0 Å². The number of nitrogens with zero attached hydrogens (tertiary/aromatic N) is 5. The lowest BCUT2D eigenvalue weighted by molar-refractivity contribution is -0.137. The number of likely N-dealkylation sites (N-methyl/N-ethyl adjacent to an activating group) is 1. The highest BCUT2D eigenvalue weighted by Crippen LogP contribution is 2.34. The molecule has 0 aliphatic carbocycles. The molecule has 0 atom stereocenters. The second-order valence-corrected chi connectivity index (χ2v) is 9.86. The Bertz CT molecular complexity index is 1600. The highest BCUT2D eigenvalue weighted by Gasteiger charge is 2.31. The first-order valence-corrected chi connectivity index (χ1v) is 13.0. The molecule has 3 heterocycles. The highest BCUT2D eigenvalue weighted by atomic mass is 19.4. The van der Waals surface area contributed by atoms with Gasteiger partial charge in [-0.25, -0.2) is 13.3 Å². The Kier molecular flexibility index (Phi) is 8.27. The first-order chi connectivity index (χ1) is 20.0. The van der Waals surface area contributed by atoms with Crippen molar-refractivity contribution in [3.05, 3.63) is 77.2 Å². The second-order valence-electron chi connectivity index (χ2n) is 9.86. The molecule has 1 amide bonds. The van der Waals surface area contributed by atoms with Crippen molar-refractivity contribution in [2.45, 2.75) is 13.1 Å². The monoisotopic (exact) mass is 590 g/mol. The van der Waals surface area contributed by atoms with Crippen LogP contribution < -0.4 is 14.8 Å². The number of nitrogens with one attached hydrogen (secondary N) is 1. The Morgan fingerprint density at radius 3 is 2.48 bits per heavy atom. The molecule has 0 spiro atoms. The van der Waals surface area contributed by atoms with Crippen molar-refractivity contribution in [2.24, 2.45) is 0 Å². The summed E-state index contributed by atoms with van der Waals surface area (Å²) in [6, 6.07) is 5.00. The molecule has 1 fully saturated rings. The van der Waals surface area contributed by atoms with E-state index in [1.807, 2.05) is 6.92 Å². The maximum Gasteiger partial charge on any atom is 0.416 e. The maximum absolute atomic E-state index is 15.0. The van der Waals surface area contributed by atoms with E-state index < -0.39 is 34.8 Å². The number of fused-ring (bicyclic) bond motifs is 1. The van der Waals surface area contributed by atoms with Crippen LogP contribution in [0.3, 0.4) is 0 Å². The lowest BCUT2D eigenvalue weighted by atomic mass is 10.1. The maximum atomic E-state index is 15.0. The minimum Gasteiger partial charge on any atom is -0.490 e. The molecule has 1 aliphatic heterocycles. The zero-order valence-corrected chi connectivity index (χ0v) is 22.7. The van der Waals surface area contributed by atoms with Gasteiger partial charge in [0.05, 0.1) is 17.3 Å². The van der Waals surface area contributed by atoms with Crippen LogP contribution in [0.1, 0.15) is 21.5 Å². The van der Waals surface area contributed by atoms with Crippen LogP contribution in [0.15, 0.2) is 48.9 Å². The van der Waals surface area contributed by atoms with Gasteiger partial charge in [-0.2, -0.15) is 23.3 Å². The van der Waals surface area contributed by atoms with E-state index in [0.717, 1.165) is 38.8 Å². The molecule has 2 aromatic carbocycles. The van der Waals surface area contributed by atoms with E-state index in [0.29, 0.717) is 35.6 Å². The highest BCUT2D eigenvalue weighted by molar-refractivity contribution is 6.04. The van der Waals surface area contributed by atoms with Gasteiger partial charge in [0, 0.05) is 50.0 Å². The van der Waals surface area contributed by atoms with Crippen LogP contribution in [-0.4, -0.2) is 76.7 Å². The molecule has 1 aliphatic rings. The van der Waals surface area contributed by atoms with E-state index in [4.69, 9.17) is 9.47 Å². The fourth-order valence-corrected chi connectivity index (χ4v) is 4.52. The number of benzene rings is 2. The van der Waals surface area contributed by atoms with Gasteiger partial charge in [-0.15, -0.1) is 0 Å². The SMILES string of the molecule is Cc1c(OCCN2CCN(C)CC2)cn2ncnc(Oc3ccc(NC(=O)c4ccc(C(F)(F)F)cc4F)cc3F)c12. The summed E-state index contributed by atoms with van der Waals surface area (Å²) in [4.78, 5) is 21.2. The van der Waals surface area contributed by atoms with Gasteiger partial charge in [-0.05, 0) is 44.3 Å². The average Bonchev–Trinajstić information content (AvgIpc) is 3.26. The standard InChI is InChI=1S/C28H27F5N6O3/c1-17-24(41-12-11-38-9-7-37(2)8-10-38)15-39-25(17)27(34-16-35-39)42-23-6-4-19(14-22(23)30)36-26(40)20-5-3-18(13-21(20)29)28(31,32)33/h3-6,13-16H,7-12H2,1-2H3,(H,36,40). The molecule has 42 heavy (non-hydrogen) atoms. The Hall–Kier alpha value is -4.30. The van der Waals surface area contributed by atoms with Crippen LogP contribution >= 0.6 is 0 Å². The number of hydrogen-bond acceptors (Lipinski definition) is 7. The number of alkyl halides is 3. The summed E-state index contributed by atoms with van der Waals surface area (Å²) in [5.74, 6) is -2.84. The normalized spacial score (nSPS) is 14.7. The van der Waals surface area contributed by atoms with Crippen molar-refractivity contribution >= 4 is 17.1 Å². The first kappa shape index (κ1) is 29.2. The minimum absolute atomic E-state index is 0.0631. The van der Waals surface area contributed by atoms with Crippen LogP contribution in [-0.2, 0) is 6.18 Å². The van der Waals surface area contributed by atoms with E-state index in [1.54, 1.807) is 6.20 Å². The van der Waals surface area contributed by atoms with Gasteiger partial charge in [0.25, 0.3) is 5.91 Å². The molecular formula is C28H27F5N6O3. The molecule has 0 bridgehead atoms. The Balaban J connectivity index is 1.26. The molecule has 0 unspecified atom stereocenters. The third kappa shape index (κ3) is 6.44. The van der Waals surface area contributed by atoms with Gasteiger partial charge in [0.15, 0.2) is 11.6 Å². The van der Waals surface area contributed by atoms with Crippen LogP contribution in [0.25, 0.3) is 5.52 Å². The van der Waals surface area contributed by atoms with Gasteiger partial charge in [0.1, 0.15) is 30.0 Å². The minimum atomic E-state index is -4.76. The number of carbonyl (C=O) groups excluding carboxylic acids is 1. The summed E-state index contributed by atoms with van der Waals surface area (Å²) >= 11 is 0. The summed E-state index contributed by atoms with van der Waals surface area (Å²) < 4.78 is 80.7. The number of ether oxygens (including phenoxy) is 2. The zero-order valence-electron chi connectivity index (χ0n) is 22.7. The summed E-state index contributed by atoms with van der Waals surface area (Å²) in [6.07, 6.45) is -1.82. The lowest BCUT2D eigenvalue weighted by Crippen LogP contribution is -2.45. The van der Waals surface area contributed by atoms with Crippen LogP contribution in [0.5, 0.6) is 17.4 Å². The quantitative estimate of drug-likeness (QED) is 0.289. The molecule has 222 valence electrons. The van der Waals surface area contributed by atoms with Gasteiger partial charge in [-0.3, -0.25) is 9.69 Å². The number of halogens is 5. The average molecular weight is 591 g/mol. The summed E-state index contributed by atoms with van der Waals surface area (Å²) in [7, 11) is 2.10. The van der Waals surface area contributed by atoms with Gasteiger partial charge in [0.2, 0.25) is 5.88 Å². The summed E-state index contributed by atoms with van der Waals surface area (Å²) in [6.45, 7) is 7.02. The molecule has 0 radical (unpaired) electrons. The van der Waals surface area contributed by atoms with Crippen molar-refractivity contribution in [2.75, 3.05) is 51.7 Å². The molecule has 4 aromatic rings. The van der Waals surface area contributed by atoms with E-state index in [-0.39, 0.29) is 23.4 Å². The van der Waals surface area contributed by atoms with E-state index >= 15 is 0 Å². The van der Waals surface area contributed by atoms with E-state index in [2.05, 4.69) is 32.2 Å². The number of rotatable bonds is 8. The molecule has 1 N–H and O–H groups in total. The van der Waals surface area contributed by atoms with Crippen molar-refractivity contribution in [3.63, 3.8) is 0 Å². The Morgan fingerprint density at radius 2 is 1.79 bits per heavy atom. The number of piperazine rings is 1. The van der Waals surface area contributed by atoms with Gasteiger partial charge < -0.3 is 19.7 Å². The van der Waals surface area contributed by atoms with E-state index in [9.17, 15) is 26.7 Å². The summed E-state index contributed by atoms with van der Waals surface area (Å²) in [5, 5.41) is 6.46. The molecule has 2 aromatic heterocycles. The van der Waals surface area contributed by atoms with E-state index in [1.165, 1.54) is 23.0 Å². The molecule has 0 saturated carbocycles. The predicted molar refractivity (Wildman–Crippen MR) is 143 cm³/mol. The number of hydrogen-bond donors (Lipinski definition) is 1. The number of carbonyl (C=O) groups is 1. The largest absolute Gasteiger partial charge is 0.490 e. The lowest BCUT2D eigenvalue weighted by Gasteiger charge is -2.32. The van der Waals surface area contributed by atoms with Crippen LogP contribution in [0.4, 0.5) is 27.6 Å². The molecule has 9 nitrogen and oxygen atoms in total. The molecule has 5 rings (SSSR count). The fraction of sp³-hybridized carbons (Fsp3) is 0.321. The van der Waals surface area contributed by atoms with Crippen LogP contribution in [0, 0.1) is 18.6 Å². The number of anilines is 1. The number of aryl methyl sites for hydroxylation is 1. The predicted octanol–water partition coefficient (Wildman–Crippen LogP) is 5.01. The topological polar surface area (TPSA) is 84.2 Å². The van der Waals surface area contributed by atoms with Gasteiger partial charge >= 0.3 is 6.18 Å². The van der Waals surface area contributed by atoms with Crippen molar-refractivity contribution < 1.29 is 36.2 Å². The molecule has 14 heteroatoms.